The Bertz CT molecular complexity index is 718. The van der Waals surface area contributed by atoms with Gasteiger partial charge < -0.3 is 14.4 Å². The van der Waals surface area contributed by atoms with Crippen molar-refractivity contribution < 1.29 is 14.3 Å². The molecule has 1 atom stereocenters. The molecule has 2 aromatic rings. The summed E-state index contributed by atoms with van der Waals surface area (Å²) in [5.41, 5.74) is 2.59. The highest BCUT2D eigenvalue weighted by Crippen LogP contribution is 2.21. The third-order valence-corrected chi connectivity index (χ3v) is 4.42. The predicted molar refractivity (Wildman–Crippen MR) is 95.6 cm³/mol. The Kier molecular flexibility index (Phi) is 5.66. The minimum absolute atomic E-state index is 0.0364. The molecule has 2 heterocycles. The number of pyridine rings is 1. The molecular formula is C20H24N2O3. The van der Waals surface area contributed by atoms with Crippen LogP contribution in [0.4, 0.5) is 0 Å². The van der Waals surface area contributed by atoms with Gasteiger partial charge in [0.15, 0.2) is 0 Å². The van der Waals surface area contributed by atoms with E-state index in [4.69, 9.17) is 9.47 Å². The molecule has 1 amide bonds. The number of likely N-dealkylation sites (tertiary alicyclic amines) is 1. The Labute approximate surface area is 148 Å². The van der Waals surface area contributed by atoms with Crippen molar-refractivity contribution in [1.82, 2.24) is 9.88 Å². The Morgan fingerprint density at radius 3 is 2.84 bits per heavy atom. The average Bonchev–Trinajstić information content (AvgIpc) is 3.10. The molecule has 1 aromatic carbocycles. The number of aromatic nitrogens is 1. The lowest BCUT2D eigenvalue weighted by Gasteiger charge is -2.17. The second kappa shape index (κ2) is 8.12. The first kappa shape index (κ1) is 17.4. The lowest BCUT2D eigenvalue weighted by molar-refractivity contribution is 0.0732. The number of ether oxygens (including phenoxy) is 2. The van der Waals surface area contributed by atoms with E-state index in [2.05, 4.69) is 17.1 Å². The lowest BCUT2D eigenvalue weighted by atomic mass is 10.1. The highest BCUT2D eigenvalue weighted by atomic mass is 16.5. The van der Waals surface area contributed by atoms with E-state index in [0.717, 1.165) is 25.2 Å². The summed E-state index contributed by atoms with van der Waals surface area (Å²) in [6.45, 7) is 4.66. The van der Waals surface area contributed by atoms with E-state index in [1.165, 1.54) is 5.56 Å². The molecule has 0 unspecified atom stereocenters. The molecule has 1 fully saturated rings. The van der Waals surface area contributed by atoms with Gasteiger partial charge in [-0.25, -0.2) is 4.98 Å². The van der Waals surface area contributed by atoms with Crippen molar-refractivity contribution in [3.63, 3.8) is 0 Å². The van der Waals surface area contributed by atoms with E-state index in [0.29, 0.717) is 30.6 Å². The van der Waals surface area contributed by atoms with Crippen LogP contribution >= 0.6 is 0 Å². The van der Waals surface area contributed by atoms with Gasteiger partial charge in [0, 0.05) is 36.3 Å². The predicted octanol–water partition coefficient (Wildman–Crippen LogP) is 3.08. The minimum Gasteiger partial charge on any atom is -0.481 e. The number of aryl methyl sites for hydroxylation is 1. The second-order valence-corrected chi connectivity index (χ2v) is 6.45. The molecule has 5 nitrogen and oxygen atoms in total. The smallest absolute Gasteiger partial charge is 0.254 e. The Morgan fingerprint density at radius 2 is 2.08 bits per heavy atom. The minimum atomic E-state index is 0.0364. The molecule has 5 heteroatoms. The first-order chi connectivity index (χ1) is 12.2. The summed E-state index contributed by atoms with van der Waals surface area (Å²) in [6.07, 6.45) is 0.974. The molecule has 0 bridgehead atoms. The molecule has 0 spiro atoms. The van der Waals surface area contributed by atoms with E-state index < -0.39 is 0 Å². The molecule has 1 aliphatic heterocycles. The van der Waals surface area contributed by atoms with Crippen molar-refractivity contribution in [2.75, 3.05) is 26.8 Å². The van der Waals surface area contributed by atoms with Crippen molar-refractivity contribution in [1.29, 1.82) is 0 Å². The number of carbonyl (C=O) groups excluding carboxylic acids is 1. The summed E-state index contributed by atoms with van der Waals surface area (Å²) in [5, 5.41) is 0. The number of carbonyl (C=O) groups is 1. The van der Waals surface area contributed by atoms with E-state index in [9.17, 15) is 4.79 Å². The molecule has 0 aliphatic carbocycles. The fraction of sp³-hybridized carbons (Fsp3) is 0.400. The van der Waals surface area contributed by atoms with Gasteiger partial charge in [-0.1, -0.05) is 30.3 Å². The largest absolute Gasteiger partial charge is 0.481 e. The molecule has 0 saturated carbocycles. The van der Waals surface area contributed by atoms with Crippen LogP contribution in [0, 0.1) is 12.8 Å². The van der Waals surface area contributed by atoms with Gasteiger partial charge in [0.25, 0.3) is 5.91 Å². The fourth-order valence-corrected chi connectivity index (χ4v) is 3.12. The van der Waals surface area contributed by atoms with Crippen LogP contribution in [-0.4, -0.2) is 42.6 Å². The van der Waals surface area contributed by atoms with Crippen LogP contribution < -0.4 is 4.74 Å². The monoisotopic (exact) mass is 340 g/mol. The number of amides is 1. The molecular weight excluding hydrogens is 316 g/mol. The van der Waals surface area contributed by atoms with Crippen molar-refractivity contribution >= 4 is 5.91 Å². The number of nitrogens with zero attached hydrogens (tertiary/aromatic N) is 2. The normalized spacial score (nSPS) is 16.9. The summed E-state index contributed by atoms with van der Waals surface area (Å²) in [7, 11) is 1.56. The van der Waals surface area contributed by atoms with Crippen LogP contribution in [0.5, 0.6) is 5.88 Å². The number of hydrogen-bond donors (Lipinski definition) is 0. The van der Waals surface area contributed by atoms with Gasteiger partial charge in [-0.2, -0.15) is 0 Å². The zero-order valence-electron chi connectivity index (χ0n) is 14.8. The summed E-state index contributed by atoms with van der Waals surface area (Å²) < 4.78 is 11.0. The number of methoxy groups -OCH3 is 1. The molecule has 1 aliphatic rings. The van der Waals surface area contributed by atoms with Crippen molar-refractivity contribution in [2.45, 2.75) is 20.0 Å². The van der Waals surface area contributed by atoms with Crippen LogP contribution in [0.2, 0.25) is 0 Å². The van der Waals surface area contributed by atoms with Crippen LogP contribution in [0.3, 0.4) is 0 Å². The highest BCUT2D eigenvalue weighted by Gasteiger charge is 2.27. The van der Waals surface area contributed by atoms with Gasteiger partial charge in [0.2, 0.25) is 5.88 Å². The summed E-state index contributed by atoms with van der Waals surface area (Å²) in [6, 6.07) is 13.7. The Morgan fingerprint density at radius 1 is 1.28 bits per heavy atom. The summed E-state index contributed by atoms with van der Waals surface area (Å²) in [5.74, 6) is 0.900. The van der Waals surface area contributed by atoms with E-state index >= 15 is 0 Å². The quantitative estimate of drug-likeness (QED) is 0.811. The van der Waals surface area contributed by atoms with E-state index in [1.54, 1.807) is 13.2 Å². The maximum Gasteiger partial charge on any atom is 0.254 e. The molecule has 0 N–H and O–H groups in total. The van der Waals surface area contributed by atoms with Gasteiger partial charge in [-0.15, -0.1) is 0 Å². The zero-order valence-corrected chi connectivity index (χ0v) is 14.8. The average molecular weight is 340 g/mol. The first-order valence-electron chi connectivity index (χ1n) is 8.59. The van der Waals surface area contributed by atoms with Crippen molar-refractivity contribution in [2.24, 2.45) is 5.92 Å². The second-order valence-electron chi connectivity index (χ2n) is 6.45. The van der Waals surface area contributed by atoms with Crippen molar-refractivity contribution in [3.8, 4) is 5.88 Å². The van der Waals surface area contributed by atoms with Crippen LogP contribution in [0.1, 0.15) is 28.0 Å². The SMILES string of the molecule is COc1cc(C(=O)N2CC[C@H](COCc3ccccc3)C2)cc(C)n1. The third-order valence-electron chi connectivity index (χ3n) is 4.42. The number of hydrogen-bond acceptors (Lipinski definition) is 4. The maximum absolute atomic E-state index is 12.7. The molecule has 132 valence electrons. The Balaban J connectivity index is 1.52. The lowest BCUT2D eigenvalue weighted by Crippen LogP contribution is -2.29. The van der Waals surface area contributed by atoms with E-state index in [-0.39, 0.29) is 5.91 Å². The van der Waals surface area contributed by atoms with Crippen LogP contribution in [0.25, 0.3) is 0 Å². The summed E-state index contributed by atoms with van der Waals surface area (Å²) in [4.78, 5) is 18.8. The van der Waals surface area contributed by atoms with Gasteiger partial charge in [0.05, 0.1) is 20.3 Å². The number of rotatable bonds is 6. The standard InChI is InChI=1S/C20H24N2O3/c1-15-10-18(11-19(21-15)24-2)20(23)22-9-8-17(12-22)14-25-13-16-6-4-3-5-7-16/h3-7,10-11,17H,8-9,12-14H2,1-2H3/t17-/m0/s1. The number of benzene rings is 1. The van der Waals surface area contributed by atoms with Crippen molar-refractivity contribution in [3.05, 3.63) is 59.3 Å². The van der Waals surface area contributed by atoms with Crippen LogP contribution in [-0.2, 0) is 11.3 Å². The molecule has 25 heavy (non-hydrogen) atoms. The van der Waals surface area contributed by atoms with E-state index in [1.807, 2.05) is 36.1 Å². The maximum atomic E-state index is 12.7. The summed E-state index contributed by atoms with van der Waals surface area (Å²) >= 11 is 0. The fourth-order valence-electron chi connectivity index (χ4n) is 3.12. The molecule has 1 aromatic heterocycles. The Hall–Kier alpha value is -2.40. The first-order valence-corrected chi connectivity index (χ1v) is 8.59. The molecule has 0 radical (unpaired) electrons. The third kappa shape index (κ3) is 4.57. The molecule has 1 saturated heterocycles. The zero-order chi connectivity index (χ0) is 17.6. The van der Waals surface area contributed by atoms with Gasteiger partial charge in [-0.3, -0.25) is 4.79 Å². The topological polar surface area (TPSA) is 51.7 Å². The van der Waals surface area contributed by atoms with Gasteiger partial charge >= 0.3 is 0 Å². The van der Waals surface area contributed by atoms with Gasteiger partial charge in [0.1, 0.15) is 0 Å². The van der Waals surface area contributed by atoms with Gasteiger partial charge in [-0.05, 0) is 25.0 Å². The van der Waals surface area contributed by atoms with Crippen LogP contribution in [0.15, 0.2) is 42.5 Å². The molecule has 3 rings (SSSR count). The highest BCUT2D eigenvalue weighted by molar-refractivity contribution is 5.94.